The molecule has 1 amide bonds. The van der Waals surface area contributed by atoms with Gasteiger partial charge in [-0.2, -0.15) is 26.3 Å². The molecule has 1 saturated heterocycles. The fraction of sp³-hybridized carbons (Fsp3) is 0.368. The van der Waals surface area contributed by atoms with Crippen LogP contribution in [0.15, 0.2) is 36.5 Å². The molecule has 11 heteroatoms. The predicted molar refractivity (Wildman–Crippen MR) is 89.6 cm³/mol. The SMILES string of the molecule is O=C(NC(c1ccc(C(F)(F)F)c(F)c1)c1ncccc1C(F)(F)F)[C@H]1CCCO1. The van der Waals surface area contributed by atoms with E-state index in [4.69, 9.17) is 4.74 Å². The molecule has 1 fully saturated rings. The lowest BCUT2D eigenvalue weighted by atomic mass is 9.97. The first kappa shape index (κ1) is 22.0. The number of halogens is 7. The maximum atomic E-state index is 14.1. The standard InChI is InChI=1S/C19H15F7N2O2/c20-13-9-10(5-6-11(13)18(21,22)23)15(28-17(29)14-4-2-8-30-14)16-12(19(24,25)26)3-1-7-27-16/h1,3,5-7,9,14-15H,2,4,8H2,(H,28,29)/t14-,15?/m1/s1. The van der Waals surface area contributed by atoms with Gasteiger partial charge in [0, 0.05) is 12.8 Å². The molecule has 1 N–H and O–H groups in total. The zero-order valence-corrected chi connectivity index (χ0v) is 15.1. The number of hydrogen-bond acceptors (Lipinski definition) is 3. The summed E-state index contributed by atoms with van der Waals surface area (Å²) in [5.41, 5.74) is -3.78. The Hall–Kier alpha value is -2.69. The van der Waals surface area contributed by atoms with Crippen molar-refractivity contribution in [2.24, 2.45) is 0 Å². The van der Waals surface area contributed by atoms with Gasteiger partial charge in [0.15, 0.2) is 0 Å². The summed E-state index contributed by atoms with van der Waals surface area (Å²) in [5.74, 6) is -2.45. The molecule has 1 aromatic heterocycles. The Labute approximate surface area is 166 Å². The molecule has 1 aliphatic rings. The monoisotopic (exact) mass is 436 g/mol. The van der Waals surface area contributed by atoms with Gasteiger partial charge in [0.1, 0.15) is 11.9 Å². The van der Waals surface area contributed by atoms with Crippen molar-refractivity contribution >= 4 is 5.91 Å². The average Bonchev–Trinajstić information content (AvgIpc) is 3.19. The van der Waals surface area contributed by atoms with Crippen LogP contribution in [0.4, 0.5) is 30.7 Å². The highest BCUT2D eigenvalue weighted by atomic mass is 19.4. The molecule has 0 spiro atoms. The van der Waals surface area contributed by atoms with Crippen LogP contribution in [0.3, 0.4) is 0 Å². The van der Waals surface area contributed by atoms with E-state index in [9.17, 15) is 35.5 Å². The number of carbonyl (C=O) groups excluding carboxylic acids is 1. The van der Waals surface area contributed by atoms with E-state index in [0.29, 0.717) is 31.0 Å². The molecule has 30 heavy (non-hydrogen) atoms. The van der Waals surface area contributed by atoms with E-state index in [1.54, 1.807) is 0 Å². The number of nitrogens with zero attached hydrogens (tertiary/aromatic N) is 1. The second-order valence-corrected chi connectivity index (χ2v) is 6.61. The first-order valence-corrected chi connectivity index (χ1v) is 8.79. The van der Waals surface area contributed by atoms with Crippen molar-refractivity contribution in [3.63, 3.8) is 0 Å². The number of pyridine rings is 1. The van der Waals surface area contributed by atoms with Crippen LogP contribution in [0.5, 0.6) is 0 Å². The van der Waals surface area contributed by atoms with Gasteiger partial charge >= 0.3 is 12.4 Å². The Morgan fingerprint density at radius 2 is 1.80 bits per heavy atom. The largest absolute Gasteiger partial charge is 0.419 e. The molecule has 2 atom stereocenters. The first-order valence-electron chi connectivity index (χ1n) is 8.79. The molecular weight excluding hydrogens is 421 g/mol. The third-order valence-electron chi connectivity index (χ3n) is 4.56. The third kappa shape index (κ3) is 4.72. The van der Waals surface area contributed by atoms with Crippen LogP contribution >= 0.6 is 0 Å². The molecule has 3 rings (SSSR count). The van der Waals surface area contributed by atoms with Crippen LogP contribution in [-0.4, -0.2) is 23.6 Å². The highest BCUT2D eigenvalue weighted by Gasteiger charge is 2.39. The van der Waals surface area contributed by atoms with Crippen molar-refractivity contribution in [1.82, 2.24) is 10.3 Å². The van der Waals surface area contributed by atoms with E-state index in [-0.39, 0.29) is 12.2 Å². The van der Waals surface area contributed by atoms with Crippen molar-refractivity contribution in [2.45, 2.75) is 37.3 Å². The fourth-order valence-corrected chi connectivity index (χ4v) is 3.16. The zero-order valence-electron chi connectivity index (χ0n) is 15.1. The molecule has 162 valence electrons. The molecule has 0 radical (unpaired) electrons. The summed E-state index contributed by atoms with van der Waals surface area (Å²) in [6.07, 6.45) is -8.84. The molecule has 2 heterocycles. The van der Waals surface area contributed by atoms with E-state index in [2.05, 4.69) is 10.3 Å². The number of amides is 1. The van der Waals surface area contributed by atoms with Gasteiger partial charge in [0.2, 0.25) is 5.91 Å². The third-order valence-corrected chi connectivity index (χ3v) is 4.56. The molecule has 2 aromatic rings. The van der Waals surface area contributed by atoms with Crippen molar-refractivity contribution in [3.8, 4) is 0 Å². The number of aromatic nitrogens is 1. The van der Waals surface area contributed by atoms with Gasteiger partial charge in [-0.15, -0.1) is 0 Å². The molecule has 1 aliphatic heterocycles. The Bertz CT molecular complexity index is 922. The van der Waals surface area contributed by atoms with Crippen LogP contribution in [0.1, 0.15) is 41.3 Å². The Kier molecular flexibility index (Phi) is 6.02. The highest BCUT2D eigenvalue weighted by molar-refractivity contribution is 5.81. The Morgan fingerprint density at radius 1 is 1.10 bits per heavy atom. The van der Waals surface area contributed by atoms with Gasteiger partial charge in [0.05, 0.1) is 22.9 Å². The summed E-state index contributed by atoms with van der Waals surface area (Å²) >= 11 is 0. The van der Waals surface area contributed by atoms with Crippen molar-refractivity contribution in [3.05, 3.63) is 64.7 Å². The Morgan fingerprint density at radius 3 is 2.37 bits per heavy atom. The number of rotatable bonds is 4. The highest BCUT2D eigenvalue weighted by Crippen LogP contribution is 2.37. The van der Waals surface area contributed by atoms with Crippen molar-refractivity contribution in [1.29, 1.82) is 0 Å². The van der Waals surface area contributed by atoms with Gasteiger partial charge in [-0.1, -0.05) is 6.07 Å². The first-order chi connectivity index (χ1) is 14.0. The van der Waals surface area contributed by atoms with E-state index in [0.717, 1.165) is 18.3 Å². The van der Waals surface area contributed by atoms with Gasteiger partial charge in [-0.05, 0) is 42.7 Å². The van der Waals surface area contributed by atoms with Gasteiger partial charge in [0.25, 0.3) is 0 Å². The van der Waals surface area contributed by atoms with Gasteiger partial charge in [-0.3, -0.25) is 9.78 Å². The lowest BCUT2D eigenvalue weighted by molar-refractivity contribution is -0.140. The molecule has 1 aromatic carbocycles. The molecular formula is C19H15F7N2O2. The smallest absolute Gasteiger partial charge is 0.368 e. The van der Waals surface area contributed by atoms with Crippen LogP contribution < -0.4 is 5.32 Å². The summed E-state index contributed by atoms with van der Waals surface area (Å²) in [6.45, 7) is 0.287. The van der Waals surface area contributed by atoms with E-state index < -0.39 is 53.0 Å². The number of nitrogens with one attached hydrogen (secondary N) is 1. The summed E-state index contributed by atoms with van der Waals surface area (Å²) in [4.78, 5) is 16.1. The van der Waals surface area contributed by atoms with Gasteiger partial charge < -0.3 is 10.1 Å². The summed E-state index contributed by atoms with van der Waals surface area (Å²) in [7, 11) is 0. The summed E-state index contributed by atoms with van der Waals surface area (Å²) < 4.78 is 98.2. The number of benzene rings is 1. The minimum absolute atomic E-state index is 0.287. The topological polar surface area (TPSA) is 51.2 Å². The number of hydrogen-bond donors (Lipinski definition) is 1. The quantitative estimate of drug-likeness (QED) is 0.711. The van der Waals surface area contributed by atoms with Crippen molar-refractivity contribution in [2.75, 3.05) is 6.61 Å². The maximum Gasteiger partial charge on any atom is 0.419 e. The van der Waals surface area contributed by atoms with Crippen LogP contribution in [-0.2, 0) is 21.9 Å². The fourth-order valence-electron chi connectivity index (χ4n) is 3.16. The average molecular weight is 436 g/mol. The lowest BCUT2D eigenvalue weighted by Crippen LogP contribution is -2.38. The van der Waals surface area contributed by atoms with E-state index >= 15 is 0 Å². The number of alkyl halides is 6. The van der Waals surface area contributed by atoms with Crippen molar-refractivity contribution < 1.29 is 40.3 Å². The second-order valence-electron chi connectivity index (χ2n) is 6.61. The summed E-state index contributed by atoms with van der Waals surface area (Å²) in [5, 5.41) is 2.32. The maximum absolute atomic E-state index is 14.1. The van der Waals surface area contributed by atoms with E-state index in [1.807, 2.05) is 0 Å². The normalized spacial score (nSPS) is 18.3. The molecule has 1 unspecified atom stereocenters. The van der Waals surface area contributed by atoms with Gasteiger partial charge in [-0.25, -0.2) is 4.39 Å². The minimum atomic E-state index is -4.98. The molecule has 0 aliphatic carbocycles. The number of carbonyl (C=O) groups is 1. The number of ether oxygens (including phenoxy) is 1. The van der Waals surface area contributed by atoms with Crippen LogP contribution in [0.25, 0.3) is 0 Å². The summed E-state index contributed by atoms with van der Waals surface area (Å²) in [6, 6.07) is 1.76. The second kappa shape index (κ2) is 8.21. The van der Waals surface area contributed by atoms with Crippen LogP contribution in [0.2, 0.25) is 0 Å². The lowest BCUT2D eigenvalue weighted by Gasteiger charge is -2.24. The molecule has 0 bridgehead atoms. The molecule has 0 saturated carbocycles. The predicted octanol–water partition coefficient (Wildman–Crippen LogP) is 4.64. The molecule has 4 nitrogen and oxygen atoms in total. The van der Waals surface area contributed by atoms with E-state index in [1.165, 1.54) is 0 Å². The zero-order chi connectivity index (χ0) is 22.1. The minimum Gasteiger partial charge on any atom is -0.368 e. The Balaban J connectivity index is 2.07. The van der Waals surface area contributed by atoms with Crippen LogP contribution in [0, 0.1) is 5.82 Å².